The summed E-state index contributed by atoms with van der Waals surface area (Å²) < 4.78 is 4.99. The Hall–Kier alpha value is -8.54. The molecule has 2 aromatic heterocycles. The summed E-state index contributed by atoms with van der Waals surface area (Å²) in [4.78, 5) is 5.13. The molecule has 422 valence electrons. The molecule has 0 saturated carbocycles. The minimum absolute atomic E-state index is 0.00500. The van der Waals surface area contributed by atoms with Gasteiger partial charge in [0.15, 0.2) is 0 Å². The van der Waals surface area contributed by atoms with Crippen molar-refractivity contribution in [3.63, 3.8) is 0 Å². The first-order chi connectivity index (χ1) is 40.3. The fraction of sp³-hybridized carbons (Fsp3) is 0.250. The summed E-state index contributed by atoms with van der Waals surface area (Å²) in [5.74, 6) is 0. The average Bonchev–Trinajstić information content (AvgIpc) is 2.08. The number of hydrogen-bond donors (Lipinski definition) is 0. The predicted molar refractivity (Wildman–Crippen MR) is 368 cm³/mol. The summed E-state index contributed by atoms with van der Waals surface area (Å²) >= 11 is 0. The molecule has 10 aromatic carbocycles. The second kappa shape index (κ2) is 19.0. The minimum Gasteiger partial charge on any atom is -0.311 e. The largest absolute Gasteiger partial charge is 0.311 e. The van der Waals surface area contributed by atoms with Crippen LogP contribution in [0, 0.1) is 0 Å². The van der Waals surface area contributed by atoms with Crippen LogP contribution in [0.3, 0.4) is 0 Å². The number of benzene rings is 10. The lowest BCUT2D eigenvalue weighted by Crippen LogP contribution is -2.61. The van der Waals surface area contributed by atoms with E-state index in [9.17, 15) is 0 Å². The van der Waals surface area contributed by atoms with Crippen molar-refractivity contribution in [1.29, 1.82) is 0 Å². The van der Waals surface area contributed by atoms with Gasteiger partial charge in [-0.3, -0.25) is 0 Å². The van der Waals surface area contributed by atoms with Gasteiger partial charge in [-0.25, -0.2) is 0 Å². The van der Waals surface area contributed by atoms with Crippen LogP contribution in [0.1, 0.15) is 132 Å². The van der Waals surface area contributed by atoms with Gasteiger partial charge in [-0.2, -0.15) is 0 Å². The Labute approximate surface area is 504 Å². The van der Waals surface area contributed by atoms with Crippen LogP contribution in [0.5, 0.6) is 0 Å². The Morgan fingerprint density at radius 2 is 0.600 bits per heavy atom. The molecule has 0 radical (unpaired) electrons. The molecule has 14 rings (SSSR count). The van der Waals surface area contributed by atoms with Gasteiger partial charge in [0.05, 0.1) is 22.1 Å². The van der Waals surface area contributed by atoms with Crippen LogP contribution < -0.4 is 26.2 Å². The first-order valence-electron chi connectivity index (χ1n) is 30.8. The Balaban J connectivity index is 0.973. The summed E-state index contributed by atoms with van der Waals surface area (Å²) in [6.45, 7) is 34.8. The van der Waals surface area contributed by atoms with Crippen LogP contribution in [0.15, 0.2) is 206 Å². The molecule has 4 nitrogen and oxygen atoms in total. The number of hydrogen-bond acceptors (Lipinski definition) is 2. The summed E-state index contributed by atoms with van der Waals surface area (Å²) in [7, 11) is 0. The third kappa shape index (κ3) is 8.94. The Kier molecular flexibility index (Phi) is 12.2. The van der Waals surface area contributed by atoms with Gasteiger partial charge in [0.25, 0.3) is 6.71 Å². The van der Waals surface area contributed by atoms with Crippen molar-refractivity contribution in [1.82, 2.24) is 9.13 Å². The Bertz CT molecular complexity index is 4510. The summed E-state index contributed by atoms with van der Waals surface area (Å²) in [5.41, 5.74) is 27.2. The first kappa shape index (κ1) is 54.4. The molecule has 5 heteroatoms. The smallest absolute Gasteiger partial charge is 0.252 e. The van der Waals surface area contributed by atoms with Crippen molar-refractivity contribution >= 4 is 101 Å². The van der Waals surface area contributed by atoms with Gasteiger partial charge >= 0.3 is 0 Å². The lowest BCUT2D eigenvalue weighted by Gasteiger charge is -2.45. The number of anilines is 6. The van der Waals surface area contributed by atoms with E-state index in [0.717, 1.165) is 22.7 Å². The van der Waals surface area contributed by atoms with Crippen molar-refractivity contribution in [3.05, 3.63) is 234 Å². The average molecular weight is 1110 g/mol. The second-order valence-electron chi connectivity index (χ2n) is 29.6. The van der Waals surface area contributed by atoms with Gasteiger partial charge in [-0.1, -0.05) is 195 Å². The number of fused-ring (bicyclic) bond motifs is 10. The van der Waals surface area contributed by atoms with E-state index in [1.165, 1.54) is 122 Å². The SMILES string of the molecule is CC(C)(C)c1cc2c3c(c1)N(c1ccccc1)c1cc(-n4c5ccc(C(C)(C)C)cc5c5cc(C(C)(C)C)ccc54)ccc1B3c1ccc(-c3ccc(-n4c5ccc(C(C)(C)C)cc5c5cc(C(C)(C)C)ccc54)cc3)cc1N2c1ccccc1. The number of aromatic nitrogens is 2. The maximum absolute atomic E-state index is 2.57. The van der Waals surface area contributed by atoms with Crippen molar-refractivity contribution < 1.29 is 0 Å². The second-order valence-corrected chi connectivity index (χ2v) is 29.6. The zero-order valence-corrected chi connectivity index (χ0v) is 52.5. The maximum atomic E-state index is 2.57. The van der Waals surface area contributed by atoms with Crippen molar-refractivity contribution in [2.24, 2.45) is 0 Å². The zero-order valence-electron chi connectivity index (χ0n) is 52.5. The van der Waals surface area contributed by atoms with Gasteiger partial charge in [0.1, 0.15) is 0 Å². The molecule has 0 bridgehead atoms. The van der Waals surface area contributed by atoms with Crippen LogP contribution in [0.2, 0.25) is 0 Å². The molecule has 0 aliphatic carbocycles. The molecule has 0 N–H and O–H groups in total. The quantitative estimate of drug-likeness (QED) is 0.160. The van der Waals surface area contributed by atoms with Crippen molar-refractivity contribution in [2.75, 3.05) is 9.80 Å². The standard InChI is InChI=1S/C80H79BN4/c1-76(2,3)52-29-38-67-61(43-52)62-44-53(77(4,5)6)30-39-68(62)82(67)59-33-26-50(27-34-59)51-28-36-65-71(42-51)83(57-22-18-16-19-23-57)73-47-56(80(13,14)15)48-74-75(73)81(65)66-37-35-60(49-72(66)84(74)58-24-20-17-21-25-58)85-69-40-31-54(78(7,8)9)45-63(69)64-46-55(79(10,11)12)32-41-70(64)85/h16-49H,1-15H3. The first-order valence-corrected chi connectivity index (χ1v) is 30.8. The molecule has 85 heavy (non-hydrogen) atoms. The molecule has 0 atom stereocenters. The third-order valence-corrected chi connectivity index (χ3v) is 18.7. The van der Waals surface area contributed by atoms with E-state index in [1.54, 1.807) is 0 Å². The van der Waals surface area contributed by atoms with E-state index in [1.807, 2.05) is 0 Å². The van der Waals surface area contributed by atoms with E-state index < -0.39 is 0 Å². The van der Waals surface area contributed by atoms with Gasteiger partial charge in [0.2, 0.25) is 0 Å². The van der Waals surface area contributed by atoms with Gasteiger partial charge in [-0.15, -0.1) is 0 Å². The fourth-order valence-corrected chi connectivity index (χ4v) is 13.7. The summed E-state index contributed by atoms with van der Waals surface area (Å²) in [5, 5.41) is 5.18. The highest BCUT2D eigenvalue weighted by molar-refractivity contribution is 7.00. The monoisotopic (exact) mass is 1110 g/mol. The van der Waals surface area contributed by atoms with Crippen LogP contribution in [-0.2, 0) is 27.1 Å². The maximum Gasteiger partial charge on any atom is 0.252 e. The van der Waals surface area contributed by atoms with Gasteiger partial charge in [0, 0.05) is 67.0 Å². The third-order valence-electron chi connectivity index (χ3n) is 18.7. The van der Waals surface area contributed by atoms with E-state index in [2.05, 4.69) is 329 Å². The van der Waals surface area contributed by atoms with Crippen molar-refractivity contribution in [3.8, 4) is 22.5 Å². The van der Waals surface area contributed by atoms with Crippen LogP contribution in [0.25, 0.3) is 66.1 Å². The molecule has 2 aliphatic heterocycles. The molecule has 12 aromatic rings. The Morgan fingerprint density at radius 1 is 0.259 bits per heavy atom. The molecule has 4 heterocycles. The Morgan fingerprint density at radius 3 is 0.988 bits per heavy atom. The fourth-order valence-electron chi connectivity index (χ4n) is 13.7. The molecule has 0 unspecified atom stereocenters. The van der Waals surface area contributed by atoms with Crippen LogP contribution in [0.4, 0.5) is 34.1 Å². The number of para-hydroxylation sites is 2. The summed E-state index contributed by atoms with van der Waals surface area (Å²) in [6.07, 6.45) is 0. The van der Waals surface area contributed by atoms with E-state index in [4.69, 9.17) is 0 Å². The number of rotatable bonds is 5. The van der Waals surface area contributed by atoms with Gasteiger partial charge in [-0.05, 0) is 198 Å². The van der Waals surface area contributed by atoms with Gasteiger partial charge < -0.3 is 18.9 Å². The highest BCUT2D eigenvalue weighted by Gasteiger charge is 2.44. The molecule has 0 spiro atoms. The van der Waals surface area contributed by atoms with Crippen molar-refractivity contribution in [2.45, 2.75) is 131 Å². The topological polar surface area (TPSA) is 16.3 Å². The minimum atomic E-state index is -0.154. The number of nitrogens with zero attached hydrogens (tertiary/aromatic N) is 4. The molecule has 2 aliphatic rings. The molecule has 0 fully saturated rings. The highest BCUT2D eigenvalue weighted by Crippen LogP contribution is 2.48. The zero-order chi connectivity index (χ0) is 59.4. The van der Waals surface area contributed by atoms with E-state index in [-0.39, 0.29) is 33.8 Å². The van der Waals surface area contributed by atoms with E-state index in [0.29, 0.717) is 0 Å². The van der Waals surface area contributed by atoms with Crippen LogP contribution >= 0.6 is 0 Å². The normalized spacial score (nSPS) is 13.8. The molecule has 0 amide bonds. The lowest BCUT2D eigenvalue weighted by atomic mass is 9.33. The highest BCUT2D eigenvalue weighted by atomic mass is 15.2. The van der Waals surface area contributed by atoms with E-state index >= 15 is 0 Å². The molecular weight excluding hydrogens is 1030 g/mol. The molecular formula is C80H79BN4. The lowest BCUT2D eigenvalue weighted by molar-refractivity contribution is 0.590. The predicted octanol–water partition coefficient (Wildman–Crippen LogP) is 20.1. The molecule has 0 saturated heterocycles. The van der Waals surface area contributed by atoms with Crippen LogP contribution in [-0.4, -0.2) is 15.8 Å². The summed E-state index contributed by atoms with van der Waals surface area (Å²) in [6, 6.07) is 79.6.